The Morgan fingerprint density at radius 2 is 1.70 bits per heavy atom. The molecule has 1 N–H and O–H groups in total. The molecule has 1 saturated heterocycles. The van der Waals surface area contributed by atoms with Crippen molar-refractivity contribution in [3.63, 3.8) is 0 Å². The molecule has 8 nitrogen and oxygen atoms in total. The van der Waals surface area contributed by atoms with Crippen molar-refractivity contribution in [1.82, 2.24) is 4.90 Å². The van der Waals surface area contributed by atoms with Crippen molar-refractivity contribution in [2.75, 3.05) is 5.32 Å². The third kappa shape index (κ3) is 6.04. The molecule has 11 heteroatoms. The minimum absolute atomic E-state index is 0.00239. The molecule has 0 aromatic heterocycles. The molecule has 40 heavy (non-hydrogen) atoms. The number of carbonyl (C=O) groups is 3. The maximum atomic E-state index is 13.0. The van der Waals surface area contributed by atoms with Gasteiger partial charge in [0.05, 0.1) is 16.5 Å². The summed E-state index contributed by atoms with van der Waals surface area (Å²) in [5.41, 5.74) is 1.76. The van der Waals surface area contributed by atoms with Crippen LogP contribution in [0.4, 0.5) is 10.5 Å². The second-order valence-corrected chi connectivity index (χ2v) is 11.8. The summed E-state index contributed by atoms with van der Waals surface area (Å²) in [5.74, 6) is -0.813. The third-order valence-corrected chi connectivity index (χ3v) is 8.40. The van der Waals surface area contributed by atoms with E-state index in [0.29, 0.717) is 11.3 Å². The normalized spacial score (nSPS) is 14.7. The lowest BCUT2D eigenvalue weighted by Crippen LogP contribution is -2.27. The van der Waals surface area contributed by atoms with E-state index in [4.69, 9.17) is 15.8 Å². The molecule has 1 aliphatic rings. The molecule has 0 unspecified atom stereocenters. The smallest absolute Gasteiger partial charge is 0.339 e. The Hall–Kier alpha value is -4.12. The number of hydrogen-bond donors (Lipinski definition) is 1. The Kier molecular flexibility index (Phi) is 7.66. The quantitative estimate of drug-likeness (QED) is 0.194. The molecule has 0 aliphatic carbocycles. The number of rotatable bonds is 7. The summed E-state index contributed by atoms with van der Waals surface area (Å²) in [6.45, 7) is 1.49. The number of hydrogen-bond acceptors (Lipinski definition) is 7. The summed E-state index contributed by atoms with van der Waals surface area (Å²) in [5, 5.41) is 4.26. The third-order valence-electron chi connectivity index (χ3n) is 5.94. The number of thioether (sulfide) groups is 1. The zero-order valence-electron chi connectivity index (χ0n) is 21.0. The summed E-state index contributed by atoms with van der Waals surface area (Å²) >= 11 is 7.13. The molecule has 3 amide bonds. The minimum atomic E-state index is -4.21. The molecule has 4 aromatic carbocycles. The number of imide groups is 1. The maximum Gasteiger partial charge on any atom is 0.339 e. The van der Waals surface area contributed by atoms with Crippen molar-refractivity contribution in [2.24, 2.45) is 0 Å². The van der Waals surface area contributed by atoms with Crippen molar-refractivity contribution < 1.29 is 27.0 Å². The van der Waals surface area contributed by atoms with Crippen LogP contribution >= 0.6 is 23.4 Å². The second-order valence-electron chi connectivity index (χ2n) is 8.88. The lowest BCUT2D eigenvalue weighted by Gasteiger charge is -2.13. The summed E-state index contributed by atoms with van der Waals surface area (Å²) < 4.78 is 30.6. The predicted octanol–water partition coefficient (Wildman–Crippen LogP) is 6.46. The molecule has 0 radical (unpaired) electrons. The molecule has 0 atom stereocenters. The lowest BCUT2D eigenvalue weighted by molar-refractivity contribution is -0.123. The minimum Gasteiger partial charge on any atom is -0.377 e. The molecule has 0 bridgehead atoms. The Bertz CT molecular complexity index is 1800. The zero-order chi connectivity index (χ0) is 28.4. The number of benzene rings is 4. The van der Waals surface area contributed by atoms with Crippen LogP contribution in [-0.4, -0.2) is 30.4 Å². The van der Waals surface area contributed by atoms with Crippen molar-refractivity contribution in [2.45, 2.75) is 18.4 Å². The number of anilines is 1. The van der Waals surface area contributed by atoms with Crippen LogP contribution in [0.1, 0.15) is 18.1 Å². The molecule has 202 valence electrons. The predicted molar refractivity (Wildman–Crippen MR) is 155 cm³/mol. The molecule has 0 spiro atoms. The van der Waals surface area contributed by atoms with Crippen LogP contribution in [0.2, 0.25) is 5.02 Å². The summed E-state index contributed by atoms with van der Waals surface area (Å²) in [6, 6.07) is 23.5. The van der Waals surface area contributed by atoms with E-state index < -0.39 is 16.0 Å². The average Bonchev–Trinajstić information content (AvgIpc) is 3.17. The van der Waals surface area contributed by atoms with Gasteiger partial charge in [0.25, 0.3) is 11.1 Å². The number of halogens is 1. The highest BCUT2D eigenvalue weighted by Crippen LogP contribution is 2.35. The van der Waals surface area contributed by atoms with Gasteiger partial charge in [-0.1, -0.05) is 54.1 Å². The van der Waals surface area contributed by atoms with Crippen molar-refractivity contribution in [3.8, 4) is 5.75 Å². The van der Waals surface area contributed by atoms with E-state index in [2.05, 4.69) is 5.32 Å². The van der Waals surface area contributed by atoms with E-state index in [1.165, 1.54) is 60.4 Å². The molecular formula is C29H21ClN2O6S2. The number of carbonyl (C=O) groups excluding carboxylic acids is 3. The highest BCUT2D eigenvalue weighted by Gasteiger charge is 2.35. The van der Waals surface area contributed by atoms with E-state index in [1.807, 2.05) is 42.5 Å². The van der Waals surface area contributed by atoms with Crippen LogP contribution in [0.3, 0.4) is 0 Å². The number of nitrogens with one attached hydrogen (secondary N) is 1. The lowest BCUT2D eigenvalue weighted by atomic mass is 10.1. The van der Waals surface area contributed by atoms with E-state index in [-0.39, 0.29) is 38.3 Å². The van der Waals surface area contributed by atoms with E-state index in [1.54, 1.807) is 0 Å². The Balaban J connectivity index is 1.29. The first-order chi connectivity index (χ1) is 19.1. The van der Waals surface area contributed by atoms with Gasteiger partial charge >= 0.3 is 10.1 Å². The topological polar surface area (TPSA) is 110 Å². The monoisotopic (exact) mass is 592 g/mol. The molecule has 1 fully saturated rings. The van der Waals surface area contributed by atoms with Crippen LogP contribution in [0.5, 0.6) is 5.75 Å². The molecule has 4 aromatic rings. The number of nitrogens with zero attached hydrogens (tertiary/aromatic N) is 1. The fourth-order valence-electron chi connectivity index (χ4n) is 4.06. The Labute approximate surface area is 239 Å². The average molecular weight is 593 g/mol. The Morgan fingerprint density at radius 1 is 0.975 bits per heavy atom. The SMILES string of the molecule is CC(=O)Nc1ccc(S(=O)(=O)Oc2ccc(/C=C3\SC(=O)N(Cc4ccc5ccccc5c4)C3=O)cc2Cl)cc1. The number of amides is 3. The van der Waals surface area contributed by atoms with E-state index >= 15 is 0 Å². The summed E-state index contributed by atoms with van der Waals surface area (Å²) in [7, 11) is -4.21. The maximum absolute atomic E-state index is 13.0. The van der Waals surface area contributed by atoms with Gasteiger partial charge in [0.2, 0.25) is 5.91 Å². The van der Waals surface area contributed by atoms with Gasteiger partial charge in [0.1, 0.15) is 4.90 Å². The van der Waals surface area contributed by atoms with Crippen molar-refractivity contribution >= 4 is 73.1 Å². The van der Waals surface area contributed by atoms with E-state index in [0.717, 1.165) is 28.1 Å². The van der Waals surface area contributed by atoms with Gasteiger partial charge in [-0.05, 0) is 82.2 Å². The van der Waals surface area contributed by atoms with Crippen molar-refractivity contribution in [3.05, 3.63) is 106 Å². The number of fused-ring (bicyclic) bond motifs is 1. The van der Waals surface area contributed by atoms with Crippen molar-refractivity contribution in [1.29, 1.82) is 0 Å². The first-order valence-corrected chi connectivity index (χ1v) is 14.5. The summed E-state index contributed by atoms with van der Waals surface area (Å²) in [4.78, 5) is 38.1. The van der Waals surface area contributed by atoms with Gasteiger partial charge in [-0.25, -0.2) is 0 Å². The first kappa shape index (κ1) is 27.4. The molecule has 0 saturated carbocycles. The van der Waals surface area contributed by atoms with Gasteiger partial charge in [-0.2, -0.15) is 8.42 Å². The van der Waals surface area contributed by atoms with Crippen LogP contribution in [-0.2, 0) is 26.3 Å². The molecular weight excluding hydrogens is 572 g/mol. The standard InChI is InChI=1S/C29H21ClN2O6S2/c1-18(33)31-23-9-11-24(12-10-23)40(36,37)38-26-13-7-19(15-25(26)30)16-27-28(34)32(29(35)39-27)17-20-6-8-21-4-2-3-5-22(21)14-20/h2-16H,17H2,1H3,(H,31,33)/b27-16-. The molecule has 5 rings (SSSR count). The van der Waals surface area contributed by atoms with Crippen LogP contribution < -0.4 is 9.50 Å². The summed E-state index contributed by atoms with van der Waals surface area (Å²) in [6.07, 6.45) is 1.52. The van der Waals surface area contributed by atoms with Crippen LogP contribution in [0.25, 0.3) is 16.8 Å². The zero-order valence-corrected chi connectivity index (χ0v) is 23.3. The molecule has 1 heterocycles. The van der Waals surface area contributed by atoms with Gasteiger partial charge in [0.15, 0.2) is 5.75 Å². The highest BCUT2D eigenvalue weighted by atomic mass is 35.5. The first-order valence-electron chi connectivity index (χ1n) is 11.9. The van der Waals surface area contributed by atoms with Gasteiger partial charge < -0.3 is 9.50 Å². The Morgan fingerprint density at radius 3 is 2.40 bits per heavy atom. The van der Waals surface area contributed by atoms with Gasteiger partial charge in [-0.3, -0.25) is 19.3 Å². The fraction of sp³-hybridized carbons (Fsp3) is 0.0690. The van der Waals surface area contributed by atoms with E-state index in [9.17, 15) is 22.8 Å². The van der Waals surface area contributed by atoms with Gasteiger partial charge in [-0.15, -0.1) is 0 Å². The highest BCUT2D eigenvalue weighted by molar-refractivity contribution is 8.18. The van der Waals surface area contributed by atoms with Gasteiger partial charge in [0, 0.05) is 12.6 Å². The largest absolute Gasteiger partial charge is 0.377 e. The van der Waals surface area contributed by atoms with Crippen LogP contribution in [0, 0.1) is 0 Å². The molecule has 1 aliphatic heterocycles. The van der Waals surface area contributed by atoms with Crippen LogP contribution in [0.15, 0.2) is 94.7 Å². The fourth-order valence-corrected chi connectivity index (χ4v) is 6.12. The second kappa shape index (κ2) is 11.2.